The molecule has 6 heteroatoms. The lowest BCUT2D eigenvalue weighted by molar-refractivity contribution is 0.0640. The molecule has 0 unspecified atom stereocenters. The Balaban J connectivity index is 1.77. The fraction of sp³-hybridized carbons (Fsp3) is 0.480. The third-order valence-electron chi connectivity index (χ3n) is 6.41. The first kappa shape index (κ1) is 21.8. The number of benzene rings is 1. The first-order chi connectivity index (χ1) is 14.8. The van der Waals surface area contributed by atoms with Crippen molar-refractivity contribution in [3.8, 4) is 0 Å². The van der Waals surface area contributed by atoms with Gasteiger partial charge in [0, 0.05) is 25.3 Å². The normalized spacial score (nSPS) is 16.9. The van der Waals surface area contributed by atoms with Crippen molar-refractivity contribution >= 4 is 39.0 Å². The number of hydrogen-bond acceptors (Lipinski definition) is 5. The number of thiophene rings is 1. The number of likely N-dealkylation sites (tertiary alicyclic amines) is 1. The van der Waals surface area contributed by atoms with Gasteiger partial charge in [-0.1, -0.05) is 26.0 Å². The fourth-order valence-electron chi connectivity index (χ4n) is 4.40. The van der Waals surface area contributed by atoms with Crippen LogP contribution >= 0.6 is 11.3 Å². The molecule has 1 fully saturated rings. The van der Waals surface area contributed by atoms with E-state index < -0.39 is 0 Å². The summed E-state index contributed by atoms with van der Waals surface area (Å²) in [4.78, 5) is 28.7. The summed E-state index contributed by atoms with van der Waals surface area (Å²) in [6.45, 7) is 11.4. The van der Waals surface area contributed by atoms with E-state index in [4.69, 9.17) is 4.98 Å². The van der Waals surface area contributed by atoms with Gasteiger partial charge in [0.05, 0.1) is 10.3 Å². The smallest absolute Gasteiger partial charge is 0.264 e. The highest BCUT2D eigenvalue weighted by molar-refractivity contribution is 7.20. The topological polar surface area (TPSA) is 49.3 Å². The van der Waals surface area contributed by atoms with Crippen molar-refractivity contribution in [2.75, 3.05) is 18.5 Å². The summed E-state index contributed by atoms with van der Waals surface area (Å²) in [5.74, 6) is 2.22. The molecular weight excluding hydrogens is 404 g/mol. The van der Waals surface area contributed by atoms with Crippen molar-refractivity contribution in [1.29, 1.82) is 0 Å². The van der Waals surface area contributed by atoms with E-state index in [1.807, 2.05) is 25.8 Å². The molecule has 3 aromatic rings. The molecule has 164 valence electrons. The van der Waals surface area contributed by atoms with E-state index in [1.165, 1.54) is 23.3 Å². The van der Waals surface area contributed by atoms with Gasteiger partial charge in [-0.15, -0.1) is 11.3 Å². The van der Waals surface area contributed by atoms with Crippen LogP contribution < -0.4 is 4.90 Å². The molecule has 5 nitrogen and oxygen atoms in total. The van der Waals surface area contributed by atoms with Crippen LogP contribution in [0.3, 0.4) is 0 Å². The fourth-order valence-corrected chi connectivity index (χ4v) is 5.58. The number of carbonyl (C=O) groups is 1. The van der Waals surface area contributed by atoms with Crippen molar-refractivity contribution in [3.63, 3.8) is 0 Å². The molecule has 4 rings (SSSR count). The second-order valence-electron chi connectivity index (χ2n) is 8.98. The lowest BCUT2D eigenvalue weighted by Gasteiger charge is -2.33. The van der Waals surface area contributed by atoms with Crippen LogP contribution in [-0.4, -0.2) is 40.4 Å². The van der Waals surface area contributed by atoms with Crippen molar-refractivity contribution in [1.82, 2.24) is 14.9 Å². The minimum atomic E-state index is 0.139. The average molecular weight is 437 g/mol. The molecular formula is C25H32N4OS. The van der Waals surface area contributed by atoms with Gasteiger partial charge in [-0.05, 0) is 69.2 Å². The van der Waals surface area contributed by atoms with Crippen LogP contribution in [0.4, 0.5) is 11.5 Å². The molecule has 1 aliphatic rings. The molecule has 31 heavy (non-hydrogen) atoms. The van der Waals surface area contributed by atoms with Crippen LogP contribution in [0.25, 0.3) is 10.2 Å². The Morgan fingerprint density at radius 3 is 2.52 bits per heavy atom. The highest BCUT2D eigenvalue weighted by Gasteiger charge is 2.29. The van der Waals surface area contributed by atoms with Crippen molar-refractivity contribution in [2.24, 2.45) is 0 Å². The van der Waals surface area contributed by atoms with Gasteiger partial charge in [-0.25, -0.2) is 9.97 Å². The largest absolute Gasteiger partial charge is 0.335 e. The Morgan fingerprint density at radius 2 is 1.87 bits per heavy atom. The number of piperidine rings is 1. The van der Waals surface area contributed by atoms with E-state index in [1.54, 1.807) is 0 Å². The Morgan fingerprint density at radius 1 is 1.16 bits per heavy atom. The SMILES string of the molecule is Cc1nc(N(C)c2ccc(C(C)C)cc2)c2c(C)c(C(=O)N3CCCC[C@H]3C)sc2n1. The van der Waals surface area contributed by atoms with Crippen LogP contribution in [0, 0.1) is 13.8 Å². The number of anilines is 2. The maximum Gasteiger partial charge on any atom is 0.264 e. The average Bonchev–Trinajstić information content (AvgIpc) is 3.08. The molecule has 0 N–H and O–H groups in total. The Kier molecular flexibility index (Phi) is 6.02. The number of amides is 1. The third-order valence-corrected chi connectivity index (χ3v) is 7.58. The van der Waals surface area contributed by atoms with Gasteiger partial charge in [0.1, 0.15) is 16.5 Å². The molecule has 2 aromatic heterocycles. The minimum absolute atomic E-state index is 0.139. The Labute approximate surface area is 189 Å². The van der Waals surface area contributed by atoms with Gasteiger partial charge in [-0.3, -0.25) is 4.79 Å². The second-order valence-corrected chi connectivity index (χ2v) is 9.98. The molecule has 1 atom stereocenters. The number of nitrogens with zero attached hydrogens (tertiary/aromatic N) is 4. The minimum Gasteiger partial charge on any atom is -0.335 e. The zero-order valence-electron chi connectivity index (χ0n) is 19.4. The molecule has 0 spiro atoms. The molecule has 0 bridgehead atoms. The zero-order valence-corrected chi connectivity index (χ0v) is 20.2. The quantitative estimate of drug-likeness (QED) is 0.487. The first-order valence-electron chi connectivity index (χ1n) is 11.2. The number of aromatic nitrogens is 2. The van der Waals surface area contributed by atoms with Crippen LogP contribution in [-0.2, 0) is 0 Å². The number of rotatable bonds is 4. The van der Waals surface area contributed by atoms with E-state index >= 15 is 0 Å². The molecule has 0 radical (unpaired) electrons. The summed E-state index contributed by atoms with van der Waals surface area (Å²) in [5.41, 5.74) is 3.38. The first-order valence-corrected chi connectivity index (χ1v) is 12.0. The van der Waals surface area contributed by atoms with Gasteiger partial charge in [0.2, 0.25) is 0 Å². The zero-order chi connectivity index (χ0) is 22.3. The number of hydrogen-bond donors (Lipinski definition) is 0. The maximum atomic E-state index is 13.4. The van der Waals surface area contributed by atoms with Gasteiger partial charge in [0.25, 0.3) is 5.91 Å². The van der Waals surface area contributed by atoms with Crippen LogP contribution in [0.1, 0.15) is 72.6 Å². The maximum absolute atomic E-state index is 13.4. The molecule has 1 amide bonds. The highest BCUT2D eigenvalue weighted by atomic mass is 32.1. The lowest BCUT2D eigenvalue weighted by atomic mass is 10.0. The molecule has 1 aliphatic heterocycles. The summed E-state index contributed by atoms with van der Waals surface area (Å²) >= 11 is 1.51. The Hall–Kier alpha value is -2.47. The van der Waals surface area contributed by atoms with Crippen LogP contribution in [0.5, 0.6) is 0 Å². The lowest BCUT2D eigenvalue weighted by Crippen LogP contribution is -2.41. The summed E-state index contributed by atoms with van der Waals surface area (Å²) in [6, 6.07) is 8.92. The van der Waals surface area contributed by atoms with E-state index in [2.05, 4.69) is 54.9 Å². The van der Waals surface area contributed by atoms with Gasteiger partial charge >= 0.3 is 0 Å². The van der Waals surface area contributed by atoms with Crippen molar-refractivity contribution in [2.45, 2.75) is 65.8 Å². The summed E-state index contributed by atoms with van der Waals surface area (Å²) in [5, 5.41) is 0.985. The monoisotopic (exact) mass is 436 g/mol. The molecule has 1 aromatic carbocycles. The Bertz CT molecular complexity index is 1100. The van der Waals surface area contributed by atoms with E-state index in [9.17, 15) is 4.79 Å². The van der Waals surface area contributed by atoms with E-state index in [0.717, 1.165) is 57.4 Å². The van der Waals surface area contributed by atoms with Crippen LogP contribution in [0.15, 0.2) is 24.3 Å². The predicted molar refractivity (Wildman–Crippen MR) is 130 cm³/mol. The van der Waals surface area contributed by atoms with Gasteiger partial charge in [-0.2, -0.15) is 0 Å². The van der Waals surface area contributed by atoms with E-state index in [0.29, 0.717) is 12.0 Å². The molecule has 3 heterocycles. The predicted octanol–water partition coefficient (Wildman–Crippen LogP) is 6.21. The molecule has 0 saturated carbocycles. The standard InChI is InChI=1S/C25H32N4OS/c1-15(2)19-10-12-20(13-11-19)28(6)23-21-17(4)22(31-24(21)27-18(5)26-23)25(30)29-14-8-7-9-16(29)3/h10-13,15-16H,7-9,14H2,1-6H3/t16-/m1/s1. The van der Waals surface area contributed by atoms with Gasteiger partial charge < -0.3 is 9.80 Å². The summed E-state index contributed by atoms with van der Waals surface area (Å²) in [7, 11) is 2.04. The molecule has 0 aliphatic carbocycles. The van der Waals surface area contributed by atoms with Gasteiger partial charge in [0.15, 0.2) is 0 Å². The number of aryl methyl sites for hydroxylation is 2. The highest BCUT2D eigenvalue weighted by Crippen LogP contribution is 2.38. The summed E-state index contributed by atoms with van der Waals surface area (Å²) in [6.07, 6.45) is 3.36. The van der Waals surface area contributed by atoms with Crippen molar-refractivity contribution < 1.29 is 4.79 Å². The number of fused-ring (bicyclic) bond motifs is 1. The van der Waals surface area contributed by atoms with Crippen LogP contribution in [0.2, 0.25) is 0 Å². The van der Waals surface area contributed by atoms with Crippen molar-refractivity contribution in [3.05, 3.63) is 46.1 Å². The third kappa shape index (κ3) is 4.05. The molecule has 1 saturated heterocycles. The summed E-state index contributed by atoms with van der Waals surface area (Å²) < 4.78 is 0. The second kappa shape index (κ2) is 8.58. The van der Waals surface area contributed by atoms with E-state index in [-0.39, 0.29) is 5.91 Å². The number of carbonyl (C=O) groups excluding carboxylic acids is 1.